The Balaban J connectivity index is 1.56. The van der Waals surface area contributed by atoms with E-state index in [0.29, 0.717) is 29.8 Å². The van der Waals surface area contributed by atoms with Gasteiger partial charge in [0, 0.05) is 19.2 Å². The number of benzene rings is 2. The average Bonchev–Trinajstić information content (AvgIpc) is 3.49. The van der Waals surface area contributed by atoms with E-state index in [-0.39, 0.29) is 11.7 Å². The van der Waals surface area contributed by atoms with Crippen LogP contribution in [0.2, 0.25) is 0 Å². The fourth-order valence-corrected chi connectivity index (χ4v) is 4.52. The molecule has 0 aliphatic carbocycles. The summed E-state index contributed by atoms with van der Waals surface area (Å²) in [5.41, 5.74) is 1.57. The Morgan fingerprint density at radius 1 is 1.18 bits per heavy atom. The first-order valence-electron chi connectivity index (χ1n) is 10.7. The standard InChI is InChI=1S/C25H25FN4O3S/c1-17(24(31)29(2)15-18-7-4-9-20(26)13-18)34-25-28-27-23(19-8-5-10-21(14-19)32-3)30(25)16-22-11-6-12-33-22/h4-14,17H,15-16H2,1-3H3. The van der Waals surface area contributed by atoms with Crippen LogP contribution in [-0.4, -0.2) is 45.0 Å². The molecule has 0 spiro atoms. The maximum absolute atomic E-state index is 13.5. The summed E-state index contributed by atoms with van der Waals surface area (Å²) in [7, 11) is 3.32. The molecule has 0 N–H and O–H groups in total. The van der Waals surface area contributed by atoms with E-state index in [1.807, 2.05) is 47.9 Å². The van der Waals surface area contributed by atoms with Crippen molar-refractivity contribution in [2.45, 2.75) is 30.4 Å². The molecule has 4 aromatic rings. The molecule has 0 saturated heterocycles. The van der Waals surface area contributed by atoms with Gasteiger partial charge in [0.2, 0.25) is 5.91 Å². The number of carbonyl (C=O) groups is 1. The Morgan fingerprint density at radius 3 is 2.74 bits per heavy atom. The van der Waals surface area contributed by atoms with Crippen LogP contribution in [0.4, 0.5) is 4.39 Å². The second-order valence-corrected chi connectivity index (χ2v) is 9.10. The number of nitrogens with zero attached hydrogens (tertiary/aromatic N) is 4. The highest BCUT2D eigenvalue weighted by molar-refractivity contribution is 8.00. The number of methoxy groups -OCH3 is 1. The third-order valence-electron chi connectivity index (χ3n) is 5.25. The molecule has 176 valence electrons. The summed E-state index contributed by atoms with van der Waals surface area (Å²) in [4.78, 5) is 14.6. The number of furan rings is 1. The van der Waals surface area contributed by atoms with Crippen molar-refractivity contribution >= 4 is 17.7 Å². The summed E-state index contributed by atoms with van der Waals surface area (Å²) in [6, 6.07) is 17.5. The molecule has 1 unspecified atom stereocenters. The number of ether oxygens (including phenoxy) is 1. The Morgan fingerprint density at radius 2 is 2.00 bits per heavy atom. The topological polar surface area (TPSA) is 73.4 Å². The lowest BCUT2D eigenvalue weighted by Gasteiger charge is -2.21. The van der Waals surface area contributed by atoms with Crippen molar-refractivity contribution in [3.8, 4) is 17.1 Å². The summed E-state index contributed by atoms with van der Waals surface area (Å²) < 4.78 is 26.3. The zero-order valence-electron chi connectivity index (χ0n) is 19.1. The number of hydrogen-bond acceptors (Lipinski definition) is 6. The van der Waals surface area contributed by atoms with Crippen molar-refractivity contribution in [1.82, 2.24) is 19.7 Å². The highest BCUT2D eigenvalue weighted by Crippen LogP contribution is 2.30. The zero-order valence-corrected chi connectivity index (χ0v) is 20.0. The molecule has 2 aromatic carbocycles. The second kappa shape index (κ2) is 10.6. The van der Waals surface area contributed by atoms with Gasteiger partial charge in [0.15, 0.2) is 11.0 Å². The summed E-state index contributed by atoms with van der Waals surface area (Å²) in [6.45, 7) is 2.55. The second-order valence-electron chi connectivity index (χ2n) is 7.79. The van der Waals surface area contributed by atoms with Crippen LogP contribution < -0.4 is 4.74 Å². The molecule has 0 aliphatic rings. The predicted molar refractivity (Wildman–Crippen MR) is 128 cm³/mol. The molecule has 4 rings (SSSR count). The van der Waals surface area contributed by atoms with E-state index in [0.717, 1.165) is 16.9 Å². The first-order chi connectivity index (χ1) is 16.4. The Labute approximate surface area is 201 Å². The lowest BCUT2D eigenvalue weighted by molar-refractivity contribution is -0.129. The van der Waals surface area contributed by atoms with Gasteiger partial charge >= 0.3 is 0 Å². The Kier molecular flexibility index (Phi) is 7.32. The van der Waals surface area contributed by atoms with E-state index in [4.69, 9.17) is 9.15 Å². The number of hydrogen-bond donors (Lipinski definition) is 0. The average molecular weight is 481 g/mol. The highest BCUT2D eigenvalue weighted by atomic mass is 32.2. The summed E-state index contributed by atoms with van der Waals surface area (Å²) in [5.74, 6) is 1.68. The fraction of sp³-hybridized carbons (Fsp3) is 0.240. The van der Waals surface area contributed by atoms with Crippen molar-refractivity contribution in [1.29, 1.82) is 0 Å². The molecule has 2 aromatic heterocycles. The predicted octanol–water partition coefficient (Wildman–Crippen LogP) is 4.87. The van der Waals surface area contributed by atoms with Crippen LogP contribution in [0.1, 0.15) is 18.2 Å². The van der Waals surface area contributed by atoms with Crippen molar-refractivity contribution in [2.24, 2.45) is 0 Å². The molecule has 9 heteroatoms. The van der Waals surface area contributed by atoms with E-state index in [9.17, 15) is 9.18 Å². The van der Waals surface area contributed by atoms with Crippen molar-refractivity contribution in [2.75, 3.05) is 14.2 Å². The molecule has 0 radical (unpaired) electrons. The van der Waals surface area contributed by atoms with Gasteiger partial charge in [-0.05, 0) is 48.9 Å². The van der Waals surface area contributed by atoms with Crippen molar-refractivity contribution in [3.63, 3.8) is 0 Å². The third-order valence-corrected chi connectivity index (χ3v) is 6.32. The van der Waals surface area contributed by atoms with Crippen molar-refractivity contribution < 1.29 is 18.3 Å². The quantitative estimate of drug-likeness (QED) is 0.318. The van der Waals surface area contributed by atoms with Gasteiger partial charge in [-0.15, -0.1) is 10.2 Å². The maximum Gasteiger partial charge on any atom is 0.235 e. The van der Waals surface area contributed by atoms with Crippen LogP contribution >= 0.6 is 11.8 Å². The minimum atomic E-state index is -0.434. The zero-order chi connectivity index (χ0) is 24.1. The lowest BCUT2D eigenvalue weighted by atomic mass is 10.2. The molecule has 0 aliphatic heterocycles. The van der Waals surface area contributed by atoms with Gasteiger partial charge in [-0.25, -0.2) is 4.39 Å². The van der Waals surface area contributed by atoms with Crippen LogP contribution in [-0.2, 0) is 17.9 Å². The van der Waals surface area contributed by atoms with Gasteiger partial charge in [0.05, 0.1) is 25.2 Å². The Bertz CT molecular complexity index is 1260. The molecular formula is C25H25FN4O3S. The van der Waals surface area contributed by atoms with Crippen LogP contribution in [0.5, 0.6) is 5.75 Å². The van der Waals surface area contributed by atoms with Crippen LogP contribution in [0.3, 0.4) is 0 Å². The maximum atomic E-state index is 13.5. The number of aromatic nitrogens is 3. The van der Waals surface area contributed by atoms with E-state index >= 15 is 0 Å². The van der Waals surface area contributed by atoms with E-state index < -0.39 is 5.25 Å². The molecule has 1 atom stereocenters. The Hall–Kier alpha value is -3.59. The fourth-order valence-electron chi connectivity index (χ4n) is 3.56. The number of rotatable bonds is 9. The van der Waals surface area contributed by atoms with Crippen LogP contribution in [0, 0.1) is 5.82 Å². The normalized spacial score (nSPS) is 11.9. The summed E-state index contributed by atoms with van der Waals surface area (Å²) in [5, 5.41) is 8.94. The largest absolute Gasteiger partial charge is 0.497 e. The number of thioether (sulfide) groups is 1. The lowest BCUT2D eigenvalue weighted by Crippen LogP contribution is -2.33. The van der Waals surface area contributed by atoms with E-state index in [1.54, 1.807) is 37.5 Å². The molecule has 34 heavy (non-hydrogen) atoms. The van der Waals surface area contributed by atoms with E-state index in [1.165, 1.54) is 23.9 Å². The van der Waals surface area contributed by atoms with Gasteiger partial charge < -0.3 is 14.1 Å². The molecular weight excluding hydrogens is 455 g/mol. The molecule has 7 nitrogen and oxygen atoms in total. The summed E-state index contributed by atoms with van der Waals surface area (Å²) >= 11 is 1.32. The number of amides is 1. The highest BCUT2D eigenvalue weighted by Gasteiger charge is 2.24. The van der Waals surface area contributed by atoms with Crippen LogP contribution in [0.25, 0.3) is 11.4 Å². The number of carbonyl (C=O) groups excluding carboxylic acids is 1. The first kappa shape index (κ1) is 23.6. The minimum absolute atomic E-state index is 0.0928. The van der Waals surface area contributed by atoms with E-state index in [2.05, 4.69) is 10.2 Å². The van der Waals surface area contributed by atoms with Crippen LogP contribution in [0.15, 0.2) is 76.5 Å². The SMILES string of the molecule is COc1cccc(-c2nnc(SC(C)C(=O)N(C)Cc3cccc(F)c3)n2Cc2ccco2)c1. The van der Waals surface area contributed by atoms with Crippen molar-refractivity contribution in [3.05, 3.63) is 84.1 Å². The third kappa shape index (κ3) is 5.48. The number of halogens is 1. The van der Waals surface area contributed by atoms with Gasteiger partial charge in [-0.3, -0.25) is 9.36 Å². The van der Waals surface area contributed by atoms with Gasteiger partial charge in [0.1, 0.15) is 17.3 Å². The molecule has 0 bridgehead atoms. The smallest absolute Gasteiger partial charge is 0.235 e. The first-order valence-corrected chi connectivity index (χ1v) is 11.6. The van der Waals surface area contributed by atoms with Gasteiger partial charge in [-0.1, -0.05) is 36.0 Å². The molecule has 2 heterocycles. The molecule has 0 saturated carbocycles. The summed E-state index contributed by atoms with van der Waals surface area (Å²) in [6.07, 6.45) is 1.62. The molecule has 0 fully saturated rings. The molecule has 1 amide bonds. The van der Waals surface area contributed by atoms with Gasteiger partial charge in [0.25, 0.3) is 0 Å². The monoisotopic (exact) mass is 480 g/mol. The minimum Gasteiger partial charge on any atom is -0.497 e. The van der Waals surface area contributed by atoms with Gasteiger partial charge in [-0.2, -0.15) is 0 Å².